The van der Waals surface area contributed by atoms with Gasteiger partial charge in [0, 0.05) is 6.04 Å². The van der Waals surface area contributed by atoms with Crippen LogP contribution < -0.4 is 5.32 Å². The Morgan fingerprint density at radius 2 is 1.56 bits per heavy atom. The van der Waals surface area contributed by atoms with Crippen molar-refractivity contribution in [1.82, 2.24) is 5.32 Å². The molecule has 0 aliphatic carbocycles. The van der Waals surface area contributed by atoms with Gasteiger partial charge in [-0.3, -0.25) is 0 Å². The average Bonchev–Trinajstić information content (AvgIpc) is 2.21. The van der Waals surface area contributed by atoms with E-state index in [9.17, 15) is 0 Å². The second-order valence-electron chi connectivity index (χ2n) is 6.78. The first kappa shape index (κ1) is 15.2. The lowest BCUT2D eigenvalue weighted by molar-refractivity contribution is 0.358. The largest absolute Gasteiger partial charge is 0.310 e. The summed E-state index contributed by atoms with van der Waals surface area (Å²) < 4.78 is 0. The highest BCUT2D eigenvalue weighted by molar-refractivity contribution is 5.37. The molecule has 0 radical (unpaired) electrons. The summed E-state index contributed by atoms with van der Waals surface area (Å²) in [4.78, 5) is 0. The van der Waals surface area contributed by atoms with Crippen LogP contribution >= 0.6 is 0 Å². The van der Waals surface area contributed by atoms with Crippen molar-refractivity contribution in [2.45, 2.75) is 60.9 Å². The molecule has 0 amide bonds. The highest BCUT2D eigenvalue weighted by atomic mass is 14.9. The molecule has 1 rings (SSSR count). The highest BCUT2D eigenvalue weighted by Gasteiger charge is 2.12. The molecule has 0 spiro atoms. The van der Waals surface area contributed by atoms with Gasteiger partial charge in [0.15, 0.2) is 0 Å². The van der Waals surface area contributed by atoms with Crippen LogP contribution in [0.3, 0.4) is 0 Å². The number of rotatable bonds is 4. The van der Waals surface area contributed by atoms with Crippen molar-refractivity contribution in [2.24, 2.45) is 5.41 Å². The van der Waals surface area contributed by atoms with Crippen LogP contribution in [0.15, 0.2) is 12.1 Å². The Bertz CT molecular complexity index is 399. The number of aryl methyl sites for hydroxylation is 3. The van der Waals surface area contributed by atoms with Crippen LogP contribution in [0.2, 0.25) is 0 Å². The van der Waals surface area contributed by atoms with E-state index < -0.39 is 0 Å². The van der Waals surface area contributed by atoms with Gasteiger partial charge in [0.1, 0.15) is 0 Å². The molecule has 0 aliphatic heterocycles. The van der Waals surface area contributed by atoms with Crippen LogP contribution in [0, 0.1) is 26.2 Å². The number of hydrogen-bond donors (Lipinski definition) is 1. The third-order valence-electron chi connectivity index (χ3n) is 3.67. The molecule has 18 heavy (non-hydrogen) atoms. The SMILES string of the molecule is Cc1cc(C)c(C(C)NCCC(C)(C)C)cc1C. The van der Waals surface area contributed by atoms with E-state index in [4.69, 9.17) is 0 Å². The summed E-state index contributed by atoms with van der Waals surface area (Å²) in [5.41, 5.74) is 6.02. The zero-order chi connectivity index (χ0) is 13.9. The van der Waals surface area contributed by atoms with Gasteiger partial charge in [-0.2, -0.15) is 0 Å². The molecule has 0 aromatic heterocycles. The van der Waals surface area contributed by atoms with Crippen molar-refractivity contribution in [3.63, 3.8) is 0 Å². The molecule has 1 aromatic carbocycles. The molecular formula is C17H29N. The molecule has 1 aromatic rings. The van der Waals surface area contributed by atoms with Crippen molar-refractivity contribution in [3.8, 4) is 0 Å². The minimum atomic E-state index is 0.408. The topological polar surface area (TPSA) is 12.0 Å². The van der Waals surface area contributed by atoms with Gasteiger partial charge in [-0.05, 0) is 68.3 Å². The summed E-state index contributed by atoms with van der Waals surface area (Å²) >= 11 is 0. The minimum Gasteiger partial charge on any atom is -0.310 e. The van der Waals surface area contributed by atoms with E-state index in [2.05, 4.69) is 65.9 Å². The summed E-state index contributed by atoms with van der Waals surface area (Å²) in [7, 11) is 0. The fourth-order valence-electron chi connectivity index (χ4n) is 2.22. The first-order valence-corrected chi connectivity index (χ1v) is 7.02. The van der Waals surface area contributed by atoms with E-state index in [1.165, 1.54) is 28.7 Å². The average molecular weight is 247 g/mol. The Kier molecular flexibility index (Phi) is 4.98. The van der Waals surface area contributed by atoms with Crippen molar-refractivity contribution >= 4 is 0 Å². The van der Waals surface area contributed by atoms with Crippen molar-refractivity contribution < 1.29 is 0 Å². The first-order chi connectivity index (χ1) is 8.20. The molecule has 0 heterocycles. The Labute approximate surface area is 113 Å². The fraction of sp³-hybridized carbons (Fsp3) is 0.647. The van der Waals surface area contributed by atoms with E-state index in [0.29, 0.717) is 11.5 Å². The second-order valence-corrected chi connectivity index (χ2v) is 6.78. The summed E-state index contributed by atoms with van der Waals surface area (Å²) in [5.74, 6) is 0. The Morgan fingerprint density at radius 3 is 2.11 bits per heavy atom. The molecule has 102 valence electrons. The molecule has 0 saturated carbocycles. The predicted molar refractivity (Wildman–Crippen MR) is 81.1 cm³/mol. The normalized spacial score (nSPS) is 13.7. The van der Waals surface area contributed by atoms with Crippen molar-refractivity contribution in [2.75, 3.05) is 6.54 Å². The van der Waals surface area contributed by atoms with E-state index >= 15 is 0 Å². The Morgan fingerprint density at radius 1 is 1.00 bits per heavy atom. The lowest BCUT2D eigenvalue weighted by Gasteiger charge is -2.22. The minimum absolute atomic E-state index is 0.408. The maximum absolute atomic E-state index is 3.64. The number of hydrogen-bond acceptors (Lipinski definition) is 1. The van der Waals surface area contributed by atoms with Gasteiger partial charge < -0.3 is 5.32 Å². The number of nitrogens with one attached hydrogen (secondary N) is 1. The van der Waals surface area contributed by atoms with E-state index in [1.54, 1.807) is 0 Å². The lowest BCUT2D eigenvalue weighted by Crippen LogP contribution is -2.24. The summed E-state index contributed by atoms with van der Waals surface area (Å²) in [6.07, 6.45) is 1.21. The third kappa shape index (κ3) is 4.45. The van der Waals surface area contributed by atoms with Crippen LogP contribution in [0.1, 0.15) is 62.4 Å². The molecule has 0 saturated heterocycles. The molecule has 1 heteroatoms. The van der Waals surface area contributed by atoms with E-state index in [-0.39, 0.29) is 0 Å². The predicted octanol–water partition coefficient (Wildman–Crippen LogP) is 4.70. The maximum atomic E-state index is 3.64. The van der Waals surface area contributed by atoms with Crippen LogP contribution in [-0.4, -0.2) is 6.54 Å². The van der Waals surface area contributed by atoms with Gasteiger partial charge in [-0.15, -0.1) is 0 Å². The van der Waals surface area contributed by atoms with Crippen molar-refractivity contribution in [1.29, 1.82) is 0 Å². The Hall–Kier alpha value is -0.820. The lowest BCUT2D eigenvalue weighted by atomic mass is 9.92. The fourth-order valence-corrected chi connectivity index (χ4v) is 2.22. The maximum Gasteiger partial charge on any atom is 0.0294 e. The Balaban J connectivity index is 2.67. The summed E-state index contributed by atoms with van der Waals surface area (Å²) in [5, 5.41) is 3.64. The molecular weight excluding hydrogens is 218 g/mol. The summed E-state index contributed by atoms with van der Waals surface area (Å²) in [6.45, 7) is 16.8. The molecule has 1 unspecified atom stereocenters. The van der Waals surface area contributed by atoms with Crippen LogP contribution in [-0.2, 0) is 0 Å². The molecule has 0 aliphatic rings. The monoisotopic (exact) mass is 247 g/mol. The molecule has 0 fully saturated rings. The van der Waals surface area contributed by atoms with Gasteiger partial charge in [-0.1, -0.05) is 32.9 Å². The van der Waals surface area contributed by atoms with Crippen LogP contribution in [0.4, 0.5) is 0 Å². The van der Waals surface area contributed by atoms with E-state index in [1.807, 2.05) is 0 Å². The van der Waals surface area contributed by atoms with Gasteiger partial charge in [0.05, 0.1) is 0 Å². The molecule has 1 N–H and O–H groups in total. The number of benzene rings is 1. The van der Waals surface area contributed by atoms with E-state index in [0.717, 1.165) is 6.54 Å². The zero-order valence-electron chi connectivity index (χ0n) is 13.1. The molecule has 0 bridgehead atoms. The van der Waals surface area contributed by atoms with Gasteiger partial charge in [0.2, 0.25) is 0 Å². The van der Waals surface area contributed by atoms with Gasteiger partial charge in [0.25, 0.3) is 0 Å². The van der Waals surface area contributed by atoms with Gasteiger partial charge in [-0.25, -0.2) is 0 Å². The third-order valence-corrected chi connectivity index (χ3v) is 3.67. The van der Waals surface area contributed by atoms with Crippen molar-refractivity contribution in [3.05, 3.63) is 34.4 Å². The van der Waals surface area contributed by atoms with Crippen LogP contribution in [0.25, 0.3) is 0 Å². The standard InChI is InChI=1S/C17H29N/c1-12-10-14(3)16(11-13(12)2)15(4)18-9-8-17(5,6)7/h10-11,15,18H,8-9H2,1-7H3. The van der Waals surface area contributed by atoms with Gasteiger partial charge >= 0.3 is 0 Å². The van der Waals surface area contributed by atoms with Crippen LogP contribution in [0.5, 0.6) is 0 Å². The molecule has 1 atom stereocenters. The first-order valence-electron chi connectivity index (χ1n) is 7.02. The highest BCUT2D eigenvalue weighted by Crippen LogP contribution is 2.23. The molecule has 1 nitrogen and oxygen atoms in total. The second kappa shape index (κ2) is 5.88. The zero-order valence-corrected chi connectivity index (χ0v) is 13.1. The quantitative estimate of drug-likeness (QED) is 0.813. The smallest absolute Gasteiger partial charge is 0.0294 e. The summed E-state index contributed by atoms with van der Waals surface area (Å²) in [6, 6.07) is 5.07.